The molecule has 3 heterocycles. The summed E-state index contributed by atoms with van der Waals surface area (Å²) in [6, 6.07) is 25.9. The van der Waals surface area contributed by atoms with Gasteiger partial charge in [-0.1, -0.05) is 54.2 Å². The summed E-state index contributed by atoms with van der Waals surface area (Å²) in [5, 5.41) is 9.71. The lowest BCUT2D eigenvalue weighted by Crippen LogP contribution is -2.49. The summed E-state index contributed by atoms with van der Waals surface area (Å²) >= 11 is 1.46. The van der Waals surface area contributed by atoms with Crippen molar-refractivity contribution in [2.75, 3.05) is 45.3 Å². The van der Waals surface area contributed by atoms with E-state index in [1.807, 2.05) is 76.2 Å². The van der Waals surface area contributed by atoms with Crippen molar-refractivity contribution in [1.29, 1.82) is 0 Å². The monoisotopic (exact) mass is 596 g/mol. The van der Waals surface area contributed by atoms with Crippen LogP contribution < -0.4 is 14.4 Å². The maximum absolute atomic E-state index is 13.2. The van der Waals surface area contributed by atoms with Gasteiger partial charge in [-0.05, 0) is 42.0 Å². The van der Waals surface area contributed by atoms with E-state index in [0.717, 1.165) is 34.3 Å². The van der Waals surface area contributed by atoms with Gasteiger partial charge >= 0.3 is 0 Å². The first-order valence-corrected chi connectivity index (χ1v) is 15.0. The highest BCUT2D eigenvalue weighted by molar-refractivity contribution is 7.98. The van der Waals surface area contributed by atoms with Crippen molar-refractivity contribution < 1.29 is 18.7 Å². The molecule has 2 aromatic heterocycles. The molecule has 1 amide bonds. The molecule has 11 heteroatoms. The molecule has 0 radical (unpaired) electrons. The number of methoxy groups -OCH3 is 2. The maximum atomic E-state index is 13.2. The van der Waals surface area contributed by atoms with E-state index in [1.54, 1.807) is 14.2 Å². The van der Waals surface area contributed by atoms with Gasteiger partial charge in [-0.25, -0.2) is 4.98 Å². The number of piperazine rings is 1. The lowest BCUT2D eigenvalue weighted by atomic mass is 10.1. The van der Waals surface area contributed by atoms with Gasteiger partial charge in [-0.15, -0.1) is 10.2 Å². The van der Waals surface area contributed by atoms with E-state index in [9.17, 15) is 4.79 Å². The minimum absolute atomic E-state index is 0.133. The number of anilines is 1. The number of carbonyl (C=O) groups excluding carboxylic acids is 1. The standard InChI is InChI=1S/C32H32N6O4S/c1-40-25-14-12-24(13-15-25)38-29(20-23-8-4-3-5-9-23)34-35-32(38)43-22-30-33-26(21-42-30)31(39)37-18-16-36(17-19-37)27-10-6-7-11-28(27)41-2/h3-15,21H,16-20,22H2,1-2H3. The Kier molecular flexibility index (Phi) is 8.60. The Bertz CT molecular complexity index is 1660. The zero-order valence-electron chi connectivity index (χ0n) is 24.1. The highest BCUT2D eigenvalue weighted by Gasteiger charge is 2.26. The molecule has 0 saturated carbocycles. The van der Waals surface area contributed by atoms with Crippen LogP contribution in [-0.2, 0) is 12.2 Å². The molecule has 0 aliphatic carbocycles. The van der Waals surface area contributed by atoms with Crippen molar-refractivity contribution in [2.45, 2.75) is 17.3 Å². The first kappa shape index (κ1) is 28.4. The van der Waals surface area contributed by atoms with Gasteiger partial charge < -0.3 is 23.7 Å². The smallest absolute Gasteiger partial charge is 0.275 e. The molecule has 1 fully saturated rings. The van der Waals surface area contributed by atoms with Gasteiger partial charge in [0, 0.05) is 38.3 Å². The van der Waals surface area contributed by atoms with Crippen molar-refractivity contribution in [2.24, 2.45) is 0 Å². The second kappa shape index (κ2) is 13.0. The Balaban J connectivity index is 1.12. The number of ether oxygens (including phenoxy) is 2. The molecular formula is C32H32N6O4S. The summed E-state index contributed by atoms with van der Waals surface area (Å²) in [4.78, 5) is 21.8. The molecule has 0 unspecified atom stereocenters. The normalized spacial score (nSPS) is 13.3. The van der Waals surface area contributed by atoms with Crippen LogP contribution in [0.4, 0.5) is 5.69 Å². The lowest BCUT2D eigenvalue weighted by molar-refractivity contribution is 0.0740. The summed E-state index contributed by atoms with van der Waals surface area (Å²) in [5.74, 6) is 3.13. The molecule has 0 bridgehead atoms. The Morgan fingerprint density at radius 2 is 1.63 bits per heavy atom. The zero-order valence-corrected chi connectivity index (χ0v) is 24.9. The topological polar surface area (TPSA) is 98.8 Å². The van der Waals surface area contributed by atoms with E-state index < -0.39 is 0 Å². The minimum atomic E-state index is -0.133. The summed E-state index contributed by atoms with van der Waals surface area (Å²) in [6.45, 7) is 2.59. The molecular weight excluding hydrogens is 564 g/mol. The Morgan fingerprint density at radius 1 is 0.884 bits per heavy atom. The third kappa shape index (κ3) is 6.36. The highest BCUT2D eigenvalue weighted by Crippen LogP contribution is 2.29. The fourth-order valence-electron chi connectivity index (χ4n) is 5.08. The second-order valence-corrected chi connectivity index (χ2v) is 10.9. The Morgan fingerprint density at radius 3 is 2.37 bits per heavy atom. The van der Waals surface area contributed by atoms with Gasteiger partial charge in [0.15, 0.2) is 10.9 Å². The molecule has 5 aromatic rings. The fraction of sp³-hybridized carbons (Fsp3) is 0.250. The minimum Gasteiger partial charge on any atom is -0.497 e. The van der Waals surface area contributed by atoms with E-state index in [-0.39, 0.29) is 5.91 Å². The molecule has 1 aliphatic rings. The van der Waals surface area contributed by atoms with Crippen molar-refractivity contribution >= 4 is 23.4 Å². The van der Waals surface area contributed by atoms with Crippen LogP contribution in [0.25, 0.3) is 5.69 Å². The van der Waals surface area contributed by atoms with Crippen molar-refractivity contribution in [3.8, 4) is 17.2 Å². The number of carbonyl (C=O) groups is 1. The zero-order chi connectivity index (χ0) is 29.6. The summed E-state index contributed by atoms with van der Waals surface area (Å²) in [6.07, 6.45) is 2.07. The molecule has 1 aliphatic heterocycles. The van der Waals surface area contributed by atoms with Crippen LogP contribution in [0.15, 0.2) is 94.7 Å². The van der Waals surface area contributed by atoms with Gasteiger partial charge in [0.25, 0.3) is 5.91 Å². The number of aromatic nitrogens is 4. The first-order valence-electron chi connectivity index (χ1n) is 14.0. The molecule has 6 rings (SSSR count). The Hall–Kier alpha value is -4.77. The summed E-state index contributed by atoms with van der Waals surface area (Å²) < 4.78 is 18.6. The van der Waals surface area contributed by atoms with Gasteiger partial charge in [0.1, 0.15) is 23.6 Å². The van der Waals surface area contributed by atoms with Crippen molar-refractivity contribution in [3.63, 3.8) is 0 Å². The molecule has 43 heavy (non-hydrogen) atoms. The average molecular weight is 597 g/mol. The molecule has 0 spiro atoms. The largest absolute Gasteiger partial charge is 0.497 e. The number of hydrogen-bond acceptors (Lipinski definition) is 9. The average Bonchev–Trinajstić information content (AvgIpc) is 3.71. The maximum Gasteiger partial charge on any atom is 0.275 e. The SMILES string of the molecule is COc1ccc(-n2c(Cc3ccccc3)nnc2SCc2nc(C(=O)N3CCN(c4ccccc4OC)CC3)co2)cc1. The van der Waals surface area contributed by atoms with Crippen LogP contribution in [0, 0.1) is 0 Å². The molecule has 220 valence electrons. The predicted molar refractivity (Wildman–Crippen MR) is 164 cm³/mol. The number of benzene rings is 3. The molecule has 0 N–H and O–H groups in total. The van der Waals surface area contributed by atoms with Crippen LogP contribution in [0.1, 0.15) is 27.8 Å². The van der Waals surface area contributed by atoms with E-state index in [4.69, 9.17) is 13.9 Å². The highest BCUT2D eigenvalue weighted by atomic mass is 32.2. The number of oxazole rings is 1. The van der Waals surface area contributed by atoms with Crippen LogP contribution in [-0.4, -0.2) is 71.0 Å². The third-order valence-electron chi connectivity index (χ3n) is 7.32. The quantitative estimate of drug-likeness (QED) is 0.204. The Labute approximate surface area is 254 Å². The molecule has 1 saturated heterocycles. The summed E-state index contributed by atoms with van der Waals surface area (Å²) in [7, 11) is 3.32. The second-order valence-electron chi connectivity index (χ2n) is 9.96. The van der Waals surface area contributed by atoms with Crippen LogP contribution >= 0.6 is 11.8 Å². The van der Waals surface area contributed by atoms with Gasteiger partial charge in [-0.2, -0.15) is 0 Å². The van der Waals surface area contributed by atoms with Crippen LogP contribution in [0.5, 0.6) is 11.5 Å². The van der Waals surface area contributed by atoms with E-state index >= 15 is 0 Å². The van der Waals surface area contributed by atoms with Crippen LogP contribution in [0.3, 0.4) is 0 Å². The molecule has 10 nitrogen and oxygen atoms in total. The number of para-hydroxylation sites is 2. The van der Waals surface area contributed by atoms with Crippen molar-refractivity contribution in [1.82, 2.24) is 24.6 Å². The number of hydrogen-bond donors (Lipinski definition) is 0. The summed E-state index contributed by atoms with van der Waals surface area (Å²) in [5.41, 5.74) is 3.41. The molecule has 3 aromatic carbocycles. The van der Waals surface area contributed by atoms with Crippen molar-refractivity contribution in [3.05, 3.63) is 108 Å². The number of thioether (sulfide) groups is 1. The molecule has 0 atom stereocenters. The lowest BCUT2D eigenvalue weighted by Gasteiger charge is -2.36. The van der Waals surface area contributed by atoms with Gasteiger partial charge in [-0.3, -0.25) is 9.36 Å². The van der Waals surface area contributed by atoms with Gasteiger partial charge in [0.05, 0.1) is 25.7 Å². The van der Waals surface area contributed by atoms with E-state index in [0.29, 0.717) is 55.1 Å². The number of amides is 1. The van der Waals surface area contributed by atoms with E-state index in [2.05, 4.69) is 32.2 Å². The third-order valence-corrected chi connectivity index (χ3v) is 8.24. The van der Waals surface area contributed by atoms with E-state index in [1.165, 1.54) is 18.0 Å². The van der Waals surface area contributed by atoms with Gasteiger partial charge in [0.2, 0.25) is 5.89 Å². The predicted octanol–water partition coefficient (Wildman–Crippen LogP) is 5.12. The fourth-order valence-corrected chi connectivity index (χ4v) is 5.91. The van der Waals surface area contributed by atoms with Crippen LogP contribution in [0.2, 0.25) is 0 Å². The number of nitrogens with zero attached hydrogens (tertiary/aromatic N) is 6. The number of rotatable bonds is 10. The first-order chi connectivity index (χ1) is 21.1.